The van der Waals surface area contributed by atoms with Crippen LogP contribution in [-0.2, 0) is 37.6 Å². The average molecular weight is 598 g/mol. The van der Waals surface area contributed by atoms with E-state index in [4.69, 9.17) is 0 Å². The van der Waals surface area contributed by atoms with Gasteiger partial charge in [-0.25, -0.2) is 17.2 Å². The van der Waals surface area contributed by atoms with Gasteiger partial charge in [-0.1, -0.05) is 6.07 Å². The zero-order chi connectivity index (χ0) is 27.9. The minimum atomic E-state index is -4.33. The maximum atomic E-state index is 14.0. The summed E-state index contributed by atoms with van der Waals surface area (Å²) in [5.41, 5.74) is 0.412. The summed E-state index contributed by atoms with van der Waals surface area (Å²) < 4.78 is 81.2. The number of aliphatic hydroxyl groups excluding tert-OH is 1. The molecule has 2 saturated carbocycles. The number of nitrogens with one attached hydrogen (secondary N) is 1. The van der Waals surface area contributed by atoms with Crippen LogP contribution in [0.1, 0.15) is 30.4 Å². The Hall–Kier alpha value is -2.84. The summed E-state index contributed by atoms with van der Waals surface area (Å²) >= 11 is 1.04. The molecule has 2 aliphatic heterocycles. The van der Waals surface area contributed by atoms with Crippen LogP contribution < -0.4 is 5.32 Å². The largest absolute Gasteiger partial charge is 0.511 e. The van der Waals surface area contributed by atoms with Crippen molar-refractivity contribution in [3.8, 4) is 0 Å². The van der Waals surface area contributed by atoms with Gasteiger partial charge in [-0.05, 0) is 66.2 Å². The number of aliphatic hydroxyl groups is 1. The molecule has 14 heteroatoms. The van der Waals surface area contributed by atoms with Crippen LogP contribution in [0, 0.1) is 29.4 Å². The molecule has 1 aromatic heterocycles. The molecule has 1 amide bonds. The van der Waals surface area contributed by atoms with Crippen molar-refractivity contribution in [2.24, 2.45) is 22.2 Å². The number of halogens is 2. The highest BCUT2D eigenvalue weighted by atomic mass is 32.2. The molecule has 9 nitrogen and oxygen atoms in total. The van der Waals surface area contributed by atoms with Crippen molar-refractivity contribution in [3.05, 3.63) is 57.7 Å². The van der Waals surface area contributed by atoms with Crippen molar-refractivity contribution in [2.75, 3.05) is 17.3 Å². The minimum absolute atomic E-state index is 0.0157. The van der Waals surface area contributed by atoms with Crippen LogP contribution in [0.3, 0.4) is 0 Å². The normalized spacial score (nSPS) is 27.3. The molecule has 3 heterocycles. The second-order valence-electron chi connectivity index (χ2n) is 10.6. The molecular formula is C25H25F2N3O6S3. The van der Waals surface area contributed by atoms with Crippen LogP contribution in [0.25, 0.3) is 0 Å². The monoisotopic (exact) mass is 597 g/mol. The number of sulfone groups is 1. The van der Waals surface area contributed by atoms with Crippen molar-refractivity contribution in [3.63, 3.8) is 0 Å². The summed E-state index contributed by atoms with van der Waals surface area (Å²) in [6, 6.07) is 3.06. The van der Waals surface area contributed by atoms with Crippen LogP contribution in [0.4, 0.5) is 13.8 Å². The summed E-state index contributed by atoms with van der Waals surface area (Å²) in [5, 5.41) is 16.0. The zero-order valence-corrected chi connectivity index (χ0v) is 23.2. The van der Waals surface area contributed by atoms with E-state index in [1.54, 1.807) is 0 Å². The van der Waals surface area contributed by atoms with E-state index in [0.29, 0.717) is 11.1 Å². The van der Waals surface area contributed by atoms with Crippen molar-refractivity contribution in [1.82, 2.24) is 4.90 Å². The first-order valence-electron chi connectivity index (χ1n) is 12.4. The van der Waals surface area contributed by atoms with Gasteiger partial charge in [-0.3, -0.25) is 4.79 Å². The number of fused-ring (bicyclic) bond motifs is 6. The first kappa shape index (κ1) is 26.4. The molecule has 2 aliphatic carbocycles. The SMILES string of the molecule is CS(=O)(=O)CCc1csc2c1S(=O)(=O)N=C(C1=C(O)C3C4CCC(C4)C3N(Cc3ccc(F)c(F)c3)C1=O)N2. The van der Waals surface area contributed by atoms with Crippen molar-refractivity contribution in [2.45, 2.75) is 43.2 Å². The van der Waals surface area contributed by atoms with Crippen LogP contribution in [-0.4, -0.2) is 56.6 Å². The van der Waals surface area contributed by atoms with Gasteiger partial charge in [0.15, 0.2) is 17.5 Å². The number of thiophene rings is 1. The molecule has 208 valence electrons. The summed E-state index contributed by atoms with van der Waals surface area (Å²) in [7, 11) is -7.67. The first-order valence-corrected chi connectivity index (χ1v) is 16.8. The average Bonchev–Trinajstić information content (AvgIpc) is 3.57. The van der Waals surface area contributed by atoms with Crippen molar-refractivity contribution < 1.29 is 35.5 Å². The van der Waals surface area contributed by atoms with E-state index in [-0.39, 0.29) is 63.7 Å². The molecule has 2 fully saturated rings. The maximum absolute atomic E-state index is 14.0. The number of nitrogens with zero attached hydrogens (tertiary/aromatic N) is 2. The lowest BCUT2D eigenvalue weighted by atomic mass is 9.77. The van der Waals surface area contributed by atoms with E-state index in [1.807, 2.05) is 0 Å². The van der Waals surface area contributed by atoms with E-state index < -0.39 is 43.3 Å². The number of hydrogen-bond donors (Lipinski definition) is 2. The third kappa shape index (κ3) is 4.45. The second kappa shape index (κ2) is 9.10. The van der Waals surface area contributed by atoms with E-state index in [0.717, 1.165) is 49.0 Å². The summed E-state index contributed by atoms with van der Waals surface area (Å²) in [6.07, 6.45) is 3.57. The number of hydrogen-bond acceptors (Lipinski definition) is 8. The fraction of sp³-hybridized carbons (Fsp3) is 0.440. The van der Waals surface area contributed by atoms with E-state index in [1.165, 1.54) is 16.3 Å². The lowest BCUT2D eigenvalue weighted by Crippen LogP contribution is -2.53. The number of carbonyl (C=O) groups is 1. The third-order valence-electron chi connectivity index (χ3n) is 8.11. The molecule has 4 atom stereocenters. The molecule has 0 spiro atoms. The summed E-state index contributed by atoms with van der Waals surface area (Å²) in [5.74, 6) is -3.66. The van der Waals surface area contributed by atoms with Gasteiger partial charge in [0, 0.05) is 24.8 Å². The minimum Gasteiger partial charge on any atom is -0.511 e. The predicted molar refractivity (Wildman–Crippen MR) is 141 cm³/mol. The fourth-order valence-electron chi connectivity index (χ4n) is 6.51. The molecule has 4 unspecified atom stereocenters. The van der Waals surface area contributed by atoms with Crippen LogP contribution in [0.2, 0.25) is 0 Å². The number of amidine groups is 1. The fourth-order valence-corrected chi connectivity index (χ4v) is 9.77. The van der Waals surface area contributed by atoms with Gasteiger partial charge < -0.3 is 15.3 Å². The Balaban J connectivity index is 1.39. The van der Waals surface area contributed by atoms with Crippen molar-refractivity contribution in [1.29, 1.82) is 0 Å². The number of rotatable bonds is 6. The van der Waals surface area contributed by atoms with E-state index >= 15 is 0 Å². The predicted octanol–water partition coefficient (Wildman–Crippen LogP) is 3.40. The van der Waals surface area contributed by atoms with Gasteiger partial charge in [0.25, 0.3) is 15.9 Å². The number of carbonyl (C=O) groups excluding carboxylic acids is 1. The van der Waals surface area contributed by atoms with Gasteiger partial charge in [-0.15, -0.1) is 15.7 Å². The van der Waals surface area contributed by atoms with E-state index in [2.05, 4.69) is 9.71 Å². The van der Waals surface area contributed by atoms with E-state index in [9.17, 15) is 35.5 Å². The smallest absolute Gasteiger partial charge is 0.287 e. The molecular weight excluding hydrogens is 572 g/mol. The number of amides is 1. The Kier molecular flexibility index (Phi) is 6.15. The number of aryl methyl sites for hydroxylation is 1. The Morgan fingerprint density at radius 1 is 1.21 bits per heavy atom. The highest BCUT2D eigenvalue weighted by molar-refractivity contribution is 7.91. The molecule has 1 aromatic carbocycles. The maximum Gasteiger partial charge on any atom is 0.287 e. The first-order chi connectivity index (χ1) is 18.3. The zero-order valence-electron chi connectivity index (χ0n) is 20.7. The van der Waals surface area contributed by atoms with Crippen LogP contribution in [0.15, 0.2) is 44.2 Å². The molecule has 0 radical (unpaired) electrons. The quantitative estimate of drug-likeness (QED) is 0.522. The molecule has 4 aliphatic rings. The second-order valence-corrected chi connectivity index (χ2v) is 15.3. The number of benzene rings is 1. The van der Waals surface area contributed by atoms with Gasteiger partial charge in [0.05, 0.1) is 5.75 Å². The van der Waals surface area contributed by atoms with Crippen LogP contribution >= 0.6 is 11.3 Å². The summed E-state index contributed by atoms with van der Waals surface area (Å²) in [6.45, 7) is -0.0445. The highest BCUT2D eigenvalue weighted by Gasteiger charge is 2.57. The molecule has 0 saturated heterocycles. The Bertz CT molecular complexity index is 1680. The third-order valence-corrected chi connectivity index (χ3v) is 11.5. The highest BCUT2D eigenvalue weighted by Crippen LogP contribution is 2.55. The molecule has 2 N–H and O–H groups in total. The Morgan fingerprint density at radius 3 is 2.67 bits per heavy atom. The lowest BCUT2D eigenvalue weighted by Gasteiger charge is -2.44. The molecule has 2 bridgehead atoms. The van der Waals surface area contributed by atoms with Gasteiger partial charge in [-0.2, -0.15) is 8.42 Å². The molecule has 39 heavy (non-hydrogen) atoms. The van der Waals surface area contributed by atoms with Crippen molar-refractivity contribution >= 4 is 47.9 Å². The lowest BCUT2D eigenvalue weighted by molar-refractivity contribution is -0.134. The Morgan fingerprint density at radius 2 is 1.95 bits per heavy atom. The summed E-state index contributed by atoms with van der Waals surface area (Å²) in [4.78, 5) is 15.3. The molecule has 2 aromatic rings. The standard InChI is InChI=1S/C25H25F2N3O6S3/c1-38(33,34)7-6-15-11-37-24-22(15)39(35,36)29-23(28-24)19-21(31)18-13-3-4-14(9-13)20(18)30(25(19)32)10-12-2-5-16(26)17(27)8-12/h2,5,8,11,13-14,18,20,31H,3-4,6-7,9-10H2,1H3,(H,28,29). The number of anilines is 1. The Labute approximate surface area is 228 Å². The van der Waals surface area contributed by atoms with Gasteiger partial charge in [0.1, 0.15) is 31.1 Å². The van der Waals surface area contributed by atoms with Gasteiger partial charge >= 0.3 is 0 Å². The topological polar surface area (TPSA) is 133 Å². The van der Waals surface area contributed by atoms with Crippen LogP contribution in [0.5, 0.6) is 0 Å². The number of sulfonamides is 1. The molecule has 6 rings (SSSR count). The van der Waals surface area contributed by atoms with Gasteiger partial charge in [0.2, 0.25) is 0 Å².